The van der Waals surface area contributed by atoms with Gasteiger partial charge in [0.05, 0.1) is 26.4 Å². The van der Waals surface area contributed by atoms with Gasteiger partial charge in [-0.05, 0) is 42.6 Å². The molecule has 0 aliphatic heterocycles. The molecule has 0 saturated carbocycles. The predicted molar refractivity (Wildman–Crippen MR) is 137 cm³/mol. The summed E-state index contributed by atoms with van der Waals surface area (Å²) in [5, 5.41) is 2.19. The van der Waals surface area contributed by atoms with Gasteiger partial charge >= 0.3 is 0 Å². The number of rotatable bonds is 4. The first-order chi connectivity index (χ1) is 16.3. The summed E-state index contributed by atoms with van der Waals surface area (Å²) in [6.45, 7) is 1.89. The minimum absolute atomic E-state index is 0.125. The predicted octanol–water partition coefficient (Wildman–Crippen LogP) is 5.24. The number of para-hydroxylation sites is 1. The smallest absolute Gasteiger partial charge is 0.281 e. The van der Waals surface area contributed by atoms with Crippen molar-refractivity contribution in [3.8, 4) is 0 Å². The van der Waals surface area contributed by atoms with E-state index in [4.69, 9.17) is 0 Å². The molecule has 170 valence electrons. The van der Waals surface area contributed by atoms with Crippen molar-refractivity contribution in [3.63, 3.8) is 0 Å². The lowest BCUT2D eigenvalue weighted by atomic mass is 10.1. The lowest BCUT2D eigenvalue weighted by Gasteiger charge is -2.11. The second-order valence-corrected chi connectivity index (χ2v) is 10.6. The van der Waals surface area contributed by atoms with Gasteiger partial charge in [0.25, 0.3) is 15.9 Å². The fourth-order valence-electron chi connectivity index (χ4n) is 3.85. The third-order valence-corrected chi connectivity index (χ3v) is 8.10. The van der Waals surface area contributed by atoms with E-state index in [1.807, 2.05) is 48.9 Å². The van der Waals surface area contributed by atoms with E-state index in [1.54, 1.807) is 36.4 Å². The van der Waals surface area contributed by atoms with Crippen LogP contribution in [0, 0.1) is 6.92 Å². The molecule has 6 nitrogen and oxygen atoms in total. The van der Waals surface area contributed by atoms with Gasteiger partial charge < -0.3 is 4.57 Å². The van der Waals surface area contributed by atoms with Gasteiger partial charge in [-0.15, -0.1) is 0 Å². The van der Waals surface area contributed by atoms with Crippen molar-refractivity contribution in [2.45, 2.75) is 11.8 Å². The zero-order chi connectivity index (χ0) is 23.9. The van der Waals surface area contributed by atoms with Gasteiger partial charge in [-0.2, -0.15) is 4.99 Å². The molecule has 5 aromatic rings. The third-order valence-electron chi connectivity index (χ3n) is 5.62. The molecule has 4 aromatic carbocycles. The van der Waals surface area contributed by atoms with Crippen LogP contribution in [0.4, 0.5) is 5.69 Å². The van der Waals surface area contributed by atoms with Gasteiger partial charge in [0.15, 0.2) is 4.80 Å². The molecule has 1 heterocycles. The van der Waals surface area contributed by atoms with Crippen LogP contribution in [-0.2, 0) is 17.1 Å². The van der Waals surface area contributed by atoms with Gasteiger partial charge in [-0.3, -0.25) is 9.52 Å². The number of carbonyl (C=O) groups excluding carboxylic acids is 1. The number of hydrogen-bond donors (Lipinski definition) is 1. The first-order valence-corrected chi connectivity index (χ1v) is 12.9. The molecule has 34 heavy (non-hydrogen) atoms. The lowest BCUT2D eigenvalue weighted by molar-refractivity contribution is 0.0999. The van der Waals surface area contributed by atoms with E-state index in [9.17, 15) is 13.2 Å². The van der Waals surface area contributed by atoms with Gasteiger partial charge in [-0.1, -0.05) is 71.5 Å². The normalized spacial score (nSPS) is 12.4. The first kappa shape index (κ1) is 22.1. The number of amides is 1. The van der Waals surface area contributed by atoms with Crippen molar-refractivity contribution >= 4 is 53.9 Å². The number of hydrogen-bond acceptors (Lipinski definition) is 4. The van der Waals surface area contributed by atoms with Crippen molar-refractivity contribution in [2.75, 3.05) is 4.72 Å². The Morgan fingerprint density at radius 1 is 0.912 bits per heavy atom. The molecule has 1 amide bonds. The maximum absolute atomic E-state index is 13.2. The number of fused-ring (bicyclic) bond motifs is 3. The number of anilines is 1. The molecule has 0 fully saturated rings. The molecule has 0 unspecified atom stereocenters. The second kappa shape index (κ2) is 8.55. The van der Waals surface area contributed by atoms with Crippen LogP contribution in [0.3, 0.4) is 0 Å². The second-order valence-electron chi connectivity index (χ2n) is 7.96. The molecular formula is C26H21N3O3S2. The van der Waals surface area contributed by atoms with E-state index in [1.165, 1.54) is 23.5 Å². The fraction of sp³-hybridized carbons (Fsp3) is 0.0769. The first-order valence-electron chi connectivity index (χ1n) is 10.6. The van der Waals surface area contributed by atoms with Crippen molar-refractivity contribution in [3.05, 3.63) is 101 Å². The van der Waals surface area contributed by atoms with Gasteiger partial charge in [0, 0.05) is 12.4 Å². The van der Waals surface area contributed by atoms with Gasteiger partial charge in [-0.25, -0.2) is 8.42 Å². The zero-order valence-corrected chi connectivity index (χ0v) is 20.2. The average molecular weight is 488 g/mol. The highest BCUT2D eigenvalue weighted by Crippen LogP contribution is 2.27. The number of aromatic nitrogens is 1. The van der Waals surface area contributed by atoms with Gasteiger partial charge in [0.2, 0.25) is 0 Å². The van der Waals surface area contributed by atoms with Crippen LogP contribution >= 0.6 is 11.3 Å². The van der Waals surface area contributed by atoms with E-state index < -0.39 is 15.9 Å². The monoisotopic (exact) mass is 487 g/mol. The number of benzene rings is 4. The van der Waals surface area contributed by atoms with E-state index in [-0.39, 0.29) is 16.1 Å². The molecule has 0 saturated heterocycles. The molecule has 1 N–H and O–H groups in total. The zero-order valence-electron chi connectivity index (χ0n) is 18.5. The van der Waals surface area contributed by atoms with Crippen LogP contribution in [0.1, 0.15) is 15.9 Å². The van der Waals surface area contributed by atoms with Crippen molar-refractivity contribution in [1.82, 2.24) is 4.57 Å². The van der Waals surface area contributed by atoms with E-state index in [0.29, 0.717) is 4.80 Å². The molecule has 0 aliphatic carbocycles. The fourth-order valence-corrected chi connectivity index (χ4v) is 5.96. The molecular weight excluding hydrogens is 466 g/mol. The Labute approximate surface area is 200 Å². The van der Waals surface area contributed by atoms with Crippen molar-refractivity contribution in [2.24, 2.45) is 12.0 Å². The Kier molecular flexibility index (Phi) is 5.55. The summed E-state index contributed by atoms with van der Waals surface area (Å²) in [7, 11) is -1.98. The summed E-state index contributed by atoms with van der Waals surface area (Å²) >= 11 is 1.42. The number of aryl methyl sites for hydroxylation is 2. The minimum Gasteiger partial charge on any atom is -0.319 e. The molecule has 0 atom stereocenters. The molecule has 5 rings (SSSR count). The Balaban J connectivity index is 1.56. The SMILES string of the molecule is Cc1ccc(S(=O)(=O)Nc2ccccc2C(=O)N=c2sc3ccc4ccccc4c3n2C)cc1. The summed E-state index contributed by atoms with van der Waals surface area (Å²) in [6, 6.07) is 25.2. The summed E-state index contributed by atoms with van der Waals surface area (Å²) < 4.78 is 31.2. The van der Waals surface area contributed by atoms with Crippen LogP contribution in [0.5, 0.6) is 0 Å². The third kappa shape index (κ3) is 4.02. The van der Waals surface area contributed by atoms with Crippen LogP contribution in [0.15, 0.2) is 94.8 Å². The van der Waals surface area contributed by atoms with Gasteiger partial charge in [0.1, 0.15) is 0 Å². The molecule has 0 radical (unpaired) electrons. The lowest BCUT2D eigenvalue weighted by Crippen LogP contribution is -2.17. The number of sulfonamides is 1. The Bertz CT molecular complexity index is 1730. The highest BCUT2D eigenvalue weighted by atomic mass is 32.2. The number of carbonyl (C=O) groups is 1. The summed E-state index contributed by atoms with van der Waals surface area (Å²) in [5.74, 6) is -0.520. The molecule has 0 bridgehead atoms. The largest absolute Gasteiger partial charge is 0.319 e. The number of thiazole rings is 1. The molecule has 8 heteroatoms. The van der Waals surface area contributed by atoms with Crippen molar-refractivity contribution < 1.29 is 13.2 Å². The van der Waals surface area contributed by atoms with Crippen LogP contribution < -0.4 is 9.52 Å². The maximum atomic E-state index is 13.2. The average Bonchev–Trinajstić information content (AvgIpc) is 3.15. The maximum Gasteiger partial charge on any atom is 0.281 e. The number of nitrogens with zero attached hydrogens (tertiary/aromatic N) is 2. The van der Waals surface area contributed by atoms with E-state index in [0.717, 1.165) is 26.6 Å². The standard InChI is InChI=1S/C26H21N3O3S2/c1-17-11-14-19(15-12-17)34(31,32)28-22-10-6-5-9-21(22)25(30)27-26-29(2)24-20-8-4-3-7-18(20)13-16-23(24)33-26/h3-16,28H,1-2H3. The van der Waals surface area contributed by atoms with Crippen LogP contribution in [-0.4, -0.2) is 18.9 Å². The summed E-state index contributed by atoms with van der Waals surface area (Å²) in [4.78, 5) is 18.2. The number of nitrogens with one attached hydrogen (secondary N) is 1. The van der Waals surface area contributed by atoms with Crippen molar-refractivity contribution in [1.29, 1.82) is 0 Å². The Morgan fingerprint density at radius 3 is 2.41 bits per heavy atom. The topological polar surface area (TPSA) is 80.5 Å². The quantitative estimate of drug-likeness (QED) is 0.376. The highest BCUT2D eigenvalue weighted by Gasteiger charge is 2.19. The molecule has 1 aromatic heterocycles. The van der Waals surface area contributed by atoms with Crippen LogP contribution in [0.25, 0.3) is 21.0 Å². The minimum atomic E-state index is -3.86. The highest BCUT2D eigenvalue weighted by molar-refractivity contribution is 7.92. The molecule has 0 aliphatic rings. The van der Waals surface area contributed by atoms with E-state index >= 15 is 0 Å². The summed E-state index contributed by atoms with van der Waals surface area (Å²) in [5.41, 5.74) is 2.33. The molecule has 0 spiro atoms. The van der Waals surface area contributed by atoms with Crippen LogP contribution in [0.2, 0.25) is 0 Å². The Hall–Kier alpha value is -3.75. The van der Waals surface area contributed by atoms with E-state index in [2.05, 4.69) is 15.8 Å². The summed E-state index contributed by atoms with van der Waals surface area (Å²) in [6.07, 6.45) is 0. The Morgan fingerprint density at radius 2 is 1.62 bits per heavy atom.